The summed E-state index contributed by atoms with van der Waals surface area (Å²) < 4.78 is 6.08. The third kappa shape index (κ3) is 4.31. The van der Waals surface area contributed by atoms with E-state index in [4.69, 9.17) is 16.3 Å². The van der Waals surface area contributed by atoms with E-state index < -0.39 is 0 Å². The molecule has 0 aromatic heterocycles. The summed E-state index contributed by atoms with van der Waals surface area (Å²) in [5, 5.41) is 4.24. The standard InChI is InChI=1S/C16H24ClNOS/c1-16(2,3)20-10-14(18-4)9-12-8-13(17)7-11-5-6-19-15(11)12/h7-8,14,18H,5-6,9-10H2,1-4H3. The molecular formula is C16H24ClNOS. The van der Waals surface area contributed by atoms with Crippen LogP contribution in [0.2, 0.25) is 5.02 Å². The van der Waals surface area contributed by atoms with Crippen molar-refractivity contribution in [3.05, 3.63) is 28.3 Å². The zero-order valence-corrected chi connectivity index (χ0v) is 14.3. The van der Waals surface area contributed by atoms with Crippen molar-refractivity contribution in [2.24, 2.45) is 0 Å². The molecule has 2 nitrogen and oxygen atoms in total. The number of rotatable bonds is 5. The van der Waals surface area contributed by atoms with Gasteiger partial charge >= 0.3 is 0 Å². The fraction of sp³-hybridized carbons (Fsp3) is 0.625. The van der Waals surface area contributed by atoms with Crippen LogP contribution < -0.4 is 10.1 Å². The monoisotopic (exact) mass is 313 g/mol. The molecule has 0 spiro atoms. The number of fused-ring (bicyclic) bond motifs is 1. The van der Waals surface area contributed by atoms with Crippen LogP contribution in [0.3, 0.4) is 0 Å². The van der Waals surface area contributed by atoms with E-state index in [1.807, 2.05) is 24.9 Å². The highest BCUT2D eigenvalue weighted by molar-refractivity contribution is 8.00. The molecule has 1 heterocycles. The number of likely N-dealkylation sites (N-methyl/N-ethyl adjacent to an activating group) is 1. The molecule has 4 heteroatoms. The first-order valence-corrected chi connectivity index (χ1v) is 8.51. The Labute approximate surface area is 131 Å². The molecule has 1 aromatic carbocycles. The Morgan fingerprint density at radius 2 is 2.15 bits per heavy atom. The first-order chi connectivity index (χ1) is 9.39. The molecule has 1 aromatic rings. The van der Waals surface area contributed by atoms with E-state index in [0.717, 1.165) is 36.0 Å². The van der Waals surface area contributed by atoms with Gasteiger partial charge in [0.1, 0.15) is 5.75 Å². The molecule has 0 radical (unpaired) electrons. The second-order valence-electron chi connectivity index (χ2n) is 6.26. The summed E-state index contributed by atoms with van der Waals surface area (Å²) in [6.07, 6.45) is 1.94. The molecule has 1 aliphatic rings. The van der Waals surface area contributed by atoms with E-state index in [9.17, 15) is 0 Å². The number of hydrogen-bond donors (Lipinski definition) is 1. The second-order valence-corrected chi connectivity index (χ2v) is 8.55. The fourth-order valence-corrected chi connectivity index (χ4v) is 3.61. The van der Waals surface area contributed by atoms with E-state index in [1.54, 1.807) is 0 Å². The summed E-state index contributed by atoms with van der Waals surface area (Å²) >= 11 is 8.21. The van der Waals surface area contributed by atoms with Crippen LogP contribution >= 0.6 is 23.4 Å². The lowest BCUT2D eigenvalue weighted by molar-refractivity contribution is 0.352. The minimum absolute atomic E-state index is 0.294. The maximum absolute atomic E-state index is 6.22. The van der Waals surface area contributed by atoms with Gasteiger partial charge in [-0.15, -0.1) is 0 Å². The third-order valence-electron chi connectivity index (χ3n) is 3.42. The zero-order valence-electron chi connectivity index (χ0n) is 12.8. The van der Waals surface area contributed by atoms with Crippen LogP contribution in [0.4, 0.5) is 0 Å². The molecule has 0 saturated carbocycles. The lowest BCUT2D eigenvalue weighted by Crippen LogP contribution is -2.31. The molecule has 0 amide bonds. The number of nitrogens with one attached hydrogen (secondary N) is 1. The highest BCUT2D eigenvalue weighted by Crippen LogP contribution is 2.34. The van der Waals surface area contributed by atoms with Gasteiger partial charge in [-0.05, 0) is 36.7 Å². The van der Waals surface area contributed by atoms with Crippen molar-refractivity contribution >= 4 is 23.4 Å². The predicted molar refractivity (Wildman–Crippen MR) is 89.4 cm³/mol. The van der Waals surface area contributed by atoms with E-state index in [2.05, 4.69) is 32.2 Å². The fourth-order valence-electron chi connectivity index (χ4n) is 2.36. The average Bonchev–Trinajstić information content (AvgIpc) is 2.81. The Balaban J connectivity index is 2.08. The first-order valence-electron chi connectivity index (χ1n) is 7.14. The molecule has 1 N–H and O–H groups in total. The summed E-state index contributed by atoms with van der Waals surface area (Å²) in [5.74, 6) is 2.15. The third-order valence-corrected chi connectivity index (χ3v) is 5.07. The number of ether oxygens (including phenoxy) is 1. The van der Waals surface area contributed by atoms with Gasteiger partial charge in [0.2, 0.25) is 0 Å². The van der Waals surface area contributed by atoms with E-state index in [1.165, 1.54) is 11.1 Å². The van der Waals surface area contributed by atoms with Gasteiger partial charge in [-0.25, -0.2) is 0 Å². The zero-order chi connectivity index (χ0) is 14.8. The lowest BCUT2D eigenvalue weighted by atomic mass is 10.0. The molecule has 0 fully saturated rings. The summed E-state index contributed by atoms with van der Waals surface area (Å²) in [4.78, 5) is 0. The Morgan fingerprint density at radius 3 is 2.80 bits per heavy atom. The number of benzene rings is 1. The highest BCUT2D eigenvalue weighted by Gasteiger charge is 2.21. The topological polar surface area (TPSA) is 21.3 Å². The van der Waals surface area contributed by atoms with Crippen LogP contribution in [-0.4, -0.2) is 30.2 Å². The van der Waals surface area contributed by atoms with Crippen molar-refractivity contribution in [2.45, 2.75) is 44.4 Å². The van der Waals surface area contributed by atoms with Crippen LogP contribution in [0.1, 0.15) is 31.9 Å². The Kier molecular flexibility index (Phi) is 5.27. The first kappa shape index (κ1) is 16.0. The Bertz CT molecular complexity index is 470. The minimum Gasteiger partial charge on any atom is -0.493 e. The molecule has 0 bridgehead atoms. The van der Waals surface area contributed by atoms with E-state index in [-0.39, 0.29) is 0 Å². The molecule has 1 unspecified atom stereocenters. The number of hydrogen-bond acceptors (Lipinski definition) is 3. The van der Waals surface area contributed by atoms with Crippen LogP contribution in [0.5, 0.6) is 5.75 Å². The molecule has 0 aliphatic carbocycles. The largest absolute Gasteiger partial charge is 0.493 e. The van der Waals surface area contributed by atoms with Crippen molar-refractivity contribution in [3.63, 3.8) is 0 Å². The average molecular weight is 314 g/mol. The van der Waals surface area contributed by atoms with Crippen LogP contribution in [0.15, 0.2) is 12.1 Å². The normalized spacial score (nSPS) is 15.8. The van der Waals surface area contributed by atoms with Crippen molar-refractivity contribution in [1.82, 2.24) is 5.32 Å². The van der Waals surface area contributed by atoms with Crippen molar-refractivity contribution in [1.29, 1.82) is 0 Å². The van der Waals surface area contributed by atoms with Crippen molar-refractivity contribution in [2.75, 3.05) is 19.4 Å². The molecule has 2 rings (SSSR count). The van der Waals surface area contributed by atoms with Crippen molar-refractivity contribution in [3.8, 4) is 5.75 Å². The van der Waals surface area contributed by atoms with E-state index in [0.29, 0.717) is 10.8 Å². The van der Waals surface area contributed by atoms with E-state index >= 15 is 0 Å². The summed E-state index contributed by atoms with van der Waals surface area (Å²) in [6, 6.07) is 4.52. The van der Waals surface area contributed by atoms with Gasteiger partial charge in [0.05, 0.1) is 6.61 Å². The van der Waals surface area contributed by atoms with Gasteiger partial charge < -0.3 is 10.1 Å². The molecular weight excluding hydrogens is 290 g/mol. The van der Waals surface area contributed by atoms with Gasteiger partial charge in [0.15, 0.2) is 0 Å². The lowest BCUT2D eigenvalue weighted by Gasteiger charge is -2.23. The minimum atomic E-state index is 0.294. The van der Waals surface area contributed by atoms with Crippen molar-refractivity contribution < 1.29 is 4.74 Å². The quantitative estimate of drug-likeness (QED) is 0.889. The van der Waals surface area contributed by atoms with Gasteiger partial charge in [-0.2, -0.15) is 11.8 Å². The summed E-state index contributed by atoms with van der Waals surface area (Å²) in [6.45, 7) is 7.55. The van der Waals surface area contributed by atoms with Gasteiger partial charge in [-0.1, -0.05) is 32.4 Å². The van der Waals surface area contributed by atoms with Crippen LogP contribution in [0.25, 0.3) is 0 Å². The maximum Gasteiger partial charge on any atom is 0.125 e. The predicted octanol–water partition coefficient (Wildman–Crippen LogP) is 3.94. The van der Waals surface area contributed by atoms with Crippen LogP contribution in [0, 0.1) is 0 Å². The van der Waals surface area contributed by atoms with Gasteiger partial charge in [0, 0.05) is 28.0 Å². The van der Waals surface area contributed by atoms with Gasteiger partial charge in [0.25, 0.3) is 0 Å². The SMILES string of the molecule is CNC(CSC(C)(C)C)Cc1cc(Cl)cc2c1OCC2. The number of halogens is 1. The highest BCUT2D eigenvalue weighted by atomic mass is 35.5. The maximum atomic E-state index is 6.22. The second kappa shape index (κ2) is 6.59. The molecule has 112 valence electrons. The van der Waals surface area contributed by atoms with Gasteiger partial charge in [-0.3, -0.25) is 0 Å². The summed E-state index contributed by atoms with van der Waals surface area (Å²) in [7, 11) is 2.03. The summed E-state index contributed by atoms with van der Waals surface area (Å²) in [5.41, 5.74) is 2.49. The Morgan fingerprint density at radius 1 is 1.40 bits per heavy atom. The molecule has 0 saturated heterocycles. The molecule has 1 aliphatic heterocycles. The molecule has 20 heavy (non-hydrogen) atoms. The Hall–Kier alpha value is -0.380. The number of thioether (sulfide) groups is 1. The smallest absolute Gasteiger partial charge is 0.125 e. The molecule has 1 atom stereocenters. The van der Waals surface area contributed by atoms with Crippen LogP contribution in [-0.2, 0) is 12.8 Å².